The van der Waals surface area contributed by atoms with Crippen LogP contribution in [0.15, 0.2) is 28.7 Å². The Kier molecular flexibility index (Phi) is 6.36. The number of carbonyl (C=O) groups is 1. The van der Waals surface area contributed by atoms with E-state index >= 15 is 0 Å². The number of aryl methyl sites for hydroxylation is 2. The van der Waals surface area contributed by atoms with Crippen LogP contribution < -0.4 is 4.74 Å². The molecular weight excluding hydrogens is 362 g/mol. The Balaban J connectivity index is 1.45. The molecule has 0 spiro atoms. The number of carboxylic acids is 1. The molecule has 0 radical (unpaired) electrons. The van der Waals surface area contributed by atoms with Crippen molar-refractivity contribution < 1.29 is 28.5 Å². The van der Waals surface area contributed by atoms with E-state index in [-0.39, 0.29) is 5.92 Å². The molecule has 152 valence electrons. The molecule has 1 aliphatic heterocycles. The highest BCUT2D eigenvalue weighted by atomic mass is 16.7. The molecule has 0 amide bonds. The topological polar surface area (TPSA) is 91.0 Å². The summed E-state index contributed by atoms with van der Waals surface area (Å²) in [6, 6.07) is 7.64. The largest absolute Gasteiger partial charge is 0.497 e. The van der Waals surface area contributed by atoms with Gasteiger partial charge in [0.05, 0.1) is 26.0 Å². The third-order valence-electron chi connectivity index (χ3n) is 5.08. The molecule has 2 heterocycles. The number of carboxylic acid groups (broad SMARTS) is 1. The second-order valence-corrected chi connectivity index (χ2v) is 7.24. The van der Waals surface area contributed by atoms with Gasteiger partial charge < -0.3 is 23.7 Å². The van der Waals surface area contributed by atoms with Crippen molar-refractivity contribution in [1.29, 1.82) is 0 Å². The number of hydrogen-bond acceptors (Lipinski definition) is 6. The maximum Gasteiger partial charge on any atom is 0.364 e. The molecule has 0 unspecified atom stereocenters. The van der Waals surface area contributed by atoms with Gasteiger partial charge in [-0.1, -0.05) is 6.42 Å². The lowest BCUT2D eigenvalue weighted by Crippen LogP contribution is -2.47. The first-order valence-corrected chi connectivity index (χ1v) is 9.53. The predicted octanol–water partition coefficient (Wildman–Crippen LogP) is 3.84. The van der Waals surface area contributed by atoms with Crippen molar-refractivity contribution >= 4 is 5.97 Å². The molecule has 0 aliphatic carbocycles. The van der Waals surface area contributed by atoms with Crippen LogP contribution in [0, 0.1) is 12.8 Å². The summed E-state index contributed by atoms with van der Waals surface area (Å²) in [4.78, 5) is 15.7. The standard InChI is InChI=1S/C21H27NO6/c1-14-18(22-19(28-14)16-8-10-17(25-3)11-9-16)7-5-4-6-15-12-26-21(2,20(23)24)27-13-15/h8-11,15H,4-7,12-13H2,1-3H3,(H,23,24)/t15-,21+. The molecule has 7 heteroatoms. The normalized spacial score (nSPS) is 22.2. The smallest absolute Gasteiger partial charge is 0.364 e. The molecule has 1 aromatic heterocycles. The summed E-state index contributed by atoms with van der Waals surface area (Å²) in [5.41, 5.74) is 1.90. The Bertz CT molecular complexity index is 790. The van der Waals surface area contributed by atoms with E-state index in [1.807, 2.05) is 31.2 Å². The van der Waals surface area contributed by atoms with Crippen LogP contribution in [-0.4, -0.2) is 42.2 Å². The van der Waals surface area contributed by atoms with E-state index in [1.54, 1.807) is 7.11 Å². The number of unbranched alkanes of at least 4 members (excludes halogenated alkanes) is 1. The molecule has 1 saturated heterocycles. The van der Waals surface area contributed by atoms with Crippen molar-refractivity contribution in [2.75, 3.05) is 20.3 Å². The molecule has 1 fully saturated rings. The summed E-state index contributed by atoms with van der Waals surface area (Å²) in [6.07, 6.45) is 3.73. The lowest BCUT2D eigenvalue weighted by atomic mass is 10.0. The Labute approximate surface area is 164 Å². The number of aliphatic carboxylic acids is 1. The van der Waals surface area contributed by atoms with Gasteiger partial charge in [0.1, 0.15) is 11.5 Å². The van der Waals surface area contributed by atoms with Crippen molar-refractivity contribution in [3.05, 3.63) is 35.7 Å². The minimum atomic E-state index is -1.51. The average Bonchev–Trinajstić information content (AvgIpc) is 3.07. The first kappa shape index (κ1) is 20.4. The Hall–Kier alpha value is -2.38. The van der Waals surface area contributed by atoms with Gasteiger partial charge in [-0.3, -0.25) is 0 Å². The minimum Gasteiger partial charge on any atom is -0.497 e. The van der Waals surface area contributed by atoms with E-state index in [0.29, 0.717) is 19.1 Å². The zero-order chi connectivity index (χ0) is 20.1. The number of methoxy groups -OCH3 is 1. The van der Waals surface area contributed by atoms with Crippen LogP contribution in [0.5, 0.6) is 5.75 Å². The highest BCUT2D eigenvalue weighted by Crippen LogP contribution is 2.27. The molecule has 0 saturated carbocycles. The van der Waals surface area contributed by atoms with Crippen LogP contribution in [0.1, 0.15) is 37.6 Å². The van der Waals surface area contributed by atoms with Crippen LogP contribution in [0.3, 0.4) is 0 Å². The van der Waals surface area contributed by atoms with E-state index in [0.717, 1.165) is 48.5 Å². The van der Waals surface area contributed by atoms with Gasteiger partial charge in [0.15, 0.2) is 0 Å². The lowest BCUT2D eigenvalue weighted by Gasteiger charge is -2.34. The summed E-state index contributed by atoms with van der Waals surface area (Å²) in [7, 11) is 1.64. The third kappa shape index (κ3) is 4.72. The molecule has 0 bridgehead atoms. The maximum absolute atomic E-state index is 11.1. The van der Waals surface area contributed by atoms with E-state index in [9.17, 15) is 4.79 Å². The van der Waals surface area contributed by atoms with Gasteiger partial charge in [0.25, 0.3) is 5.79 Å². The Morgan fingerprint density at radius 1 is 1.25 bits per heavy atom. The number of nitrogens with zero attached hydrogens (tertiary/aromatic N) is 1. The highest BCUT2D eigenvalue weighted by molar-refractivity contribution is 5.75. The van der Waals surface area contributed by atoms with Crippen LogP contribution in [0.2, 0.25) is 0 Å². The summed E-state index contributed by atoms with van der Waals surface area (Å²) >= 11 is 0. The fraction of sp³-hybridized carbons (Fsp3) is 0.524. The molecule has 7 nitrogen and oxygen atoms in total. The first-order valence-electron chi connectivity index (χ1n) is 9.53. The molecule has 1 N–H and O–H groups in total. The number of ether oxygens (including phenoxy) is 3. The number of benzene rings is 1. The predicted molar refractivity (Wildman–Crippen MR) is 102 cm³/mol. The van der Waals surface area contributed by atoms with Crippen molar-refractivity contribution in [1.82, 2.24) is 4.98 Å². The maximum atomic E-state index is 11.1. The Morgan fingerprint density at radius 3 is 2.54 bits per heavy atom. The molecular formula is C21H27NO6. The molecule has 1 aliphatic rings. The summed E-state index contributed by atoms with van der Waals surface area (Å²) in [6.45, 7) is 4.20. The SMILES string of the molecule is COc1ccc(-c2nc(CCCC[C@H]3CO[C@@](C)(C(=O)O)OC3)c(C)o2)cc1. The quantitative estimate of drug-likeness (QED) is 0.686. The first-order chi connectivity index (χ1) is 13.4. The minimum absolute atomic E-state index is 0.223. The zero-order valence-electron chi connectivity index (χ0n) is 16.6. The molecule has 0 atom stereocenters. The lowest BCUT2D eigenvalue weighted by molar-refractivity contribution is -0.271. The summed E-state index contributed by atoms with van der Waals surface area (Å²) in [5, 5.41) is 9.09. The van der Waals surface area contributed by atoms with E-state index in [2.05, 4.69) is 4.98 Å². The van der Waals surface area contributed by atoms with Gasteiger partial charge in [-0.05, 0) is 50.5 Å². The van der Waals surface area contributed by atoms with Crippen LogP contribution in [0.4, 0.5) is 0 Å². The van der Waals surface area contributed by atoms with E-state index < -0.39 is 11.8 Å². The molecule has 3 rings (SSSR count). The number of aromatic nitrogens is 1. The van der Waals surface area contributed by atoms with Crippen LogP contribution in [0.25, 0.3) is 11.5 Å². The zero-order valence-corrected chi connectivity index (χ0v) is 16.6. The van der Waals surface area contributed by atoms with Gasteiger partial charge in [0.2, 0.25) is 5.89 Å². The third-order valence-corrected chi connectivity index (χ3v) is 5.08. The molecule has 28 heavy (non-hydrogen) atoms. The fourth-order valence-electron chi connectivity index (χ4n) is 3.18. The molecule has 2 aromatic rings. The summed E-state index contributed by atoms with van der Waals surface area (Å²) < 4.78 is 21.8. The Morgan fingerprint density at radius 2 is 1.93 bits per heavy atom. The van der Waals surface area contributed by atoms with Crippen molar-refractivity contribution in [2.24, 2.45) is 5.92 Å². The van der Waals surface area contributed by atoms with Crippen molar-refractivity contribution in [2.45, 2.75) is 45.3 Å². The van der Waals surface area contributed by atoms with Crippen LogP contribution >= 0.6 is 0 Å². The van der Waals surface area contributed by atoms with Crippen molar-refractivity contribution in [3.8, 4) is 17.2 Å². The summed E-state index contributed by atoms with van der Waals surface area (Å²) in [5.74, 6) is -0.108. The van der Waals surface area contributed by atoms with E-state index in [4.69, 9.17) is 23.7 Å². The van der Waals surface area contributed by atoms with Gasteiger partial charge in [-0.15, -0.1) is 0 Å². The number of rotatable bonds is 8. The highest BCUT2D eigenvalue weighted by Gasteiger charge is 2.40. The van der Waals surface area contributed by atoms with Crippen molar-refractivity contribution in [3.63, 3.8) is 0 Å². The van der Waals surface area contributed by atoms with Gasteiger partial charge in [0, 0.05) is 18.4 Å². The number of hydrogen-bond donors (Lipinski definition) is 1. The second-order valence-electron chi connectivity index (χ2n) is 7.24. The fourth-order valence-corrected chi connectivity index (χ4v) is 3.18. The van der Waals surface area contributed by atoms with Crippen LogP contribution in [-0.2, 0) is 20.7 Å². The second kappa shape index (κ2) is 8.75. The van der Waals surface area contributed by atoms with Gasteiger partial charge >= 0.3 is 5.97 Å². The number of oxazole rings is 1. The van der Waals surface area contributed by atoms with Gasteiger partial charge in [-0.2, -0.15) is 0 Å². The molecule has 1 aromatic carbocycles. The average molecular weight is 389 g/mol. The van der Waals surface area contributed by atoms with Gasteiger partial charge in [-0.25, -0.2) is 9.78 Å². The monoisotopic (exact) mass is 389 g/mol. The van der Waals surface area contributed by atoms with E-state index in [1.165, 1.54) is 6.92 Å².